The third-order valence-corrected chi connectivity index (χ3v) is 2.58. The van der Waals surface area contributed by atoms with Crippen LogP contribution in [0.1, 0.15) is 53.4 Å². The average Bonchev–Trinajstić information content (AvgIpc) is 2.09. The maximum Gasteiger partial charge on any atom is -0.00247 e. The van der Waals surface area contributed by atoms with Crippen molar-refractivity contribution >= 4 is 0 Å². The van der Waals surface area contributed by atoms with Gasteiger partial charge in [0.25, 0.3) is 0 Å². The first-order chi connectivity index (χ1) is 7.41. The summed E-state index contributed by atoms with van der Waals surface area (Å²) in [5, 5.41) is 0. The lowest BCUT2D eigenvalue weighted by Crippen LogP contribution is -2.13. The van der Waals surface area contributed by atoms with E-state index in [1.54, 1.807) is 5.92 Å². The monoisotopic (exact) mass is 225 g/mol. The molecular weight excluding hydrogens is 194 g/mol. The highest BCUT2D eigenvalue weighted by atomic mass is 15.0. The Bertz CT molecular complexity index is 140. The number of hydrogen-bond acceptors (Lipinski definition) is 1. The third kappa shape index (κ3) is 10.5. The van der Waals surface area contributed by atoms with Gasteiger partial charge in [0.2, 0.25) is 0 Å². The number of hydrogen-bond donors (Lipinski definition) is 0. The van der Waals surface area contributed by atoms with Crippen LogP contribution in [0.2, 0.25) is 0 Å². The van der Waals surface area contributed by atoms with Gasteiger partial charge >= 0.3 is 0 Å². The third-order valence-electron chi connectivity index (χ3n) is 2.58. The first kappa shape index (κ1) is 16.0. The molecule has 0 bridgehead atoms. The zero-order valence-corrected chi connectivity index (χ0v) is 12.2. The summed E-state index contributed by atoms with van der Waals surface area (Å²) in [6.45, 7) is 10.5. The van der Waals surface area contributed by atoms with E-state index in [4.69, 9.17) is 0 Å². The molecule has 0 fully saturated rings. The Hall–Kier alpha value is -0.0400. The molecule has 0 aromatic rings. The van der Waals surface area contributed by atoms with Crippen molar-refractivity contribution in [1.29, 1.82) is 0 Å². The minimum Gasteiger partial charge on any atom is -0.309 e. The van der Waals surface area contributed by atoms with E-state index in [2.05, 4.69) is 53.1 Å². The van der Waals surface area contributed by atoms with Gasteiger partial charge in [-0.1, -0.05) is 27.7 Å². The molecule has 0 aliphatic heterocycles. The first-order valence-corrected chi connectivity index (χ1v) is 6.74. The molecule has 0 spiro atoms. The Balaban J connectivity index is 3.73. The first-order valence-electron chi connectivity index (χ1n) is 6.74. The minimum absolute atomic E-state index is 0.791. The predicted molar refractivity (Wildman–Crippen MR) is 74.2 cm³/mol. The second kappa shape index (κ2) is 9.04. The van der Waals surface area contributed by atoms with Crippen molar-refractivity contribution in [2.45, 2.75) is 53.4 Å². The van der Waals surface area contributed by atoms with Gasteiger partial charge in [0, 0.05) is 0 Å². The summed E-state index contributed by atoms with van der Waals surface area (Å²) in [5.41, 5.74) is 0. The molecule has 0 rings (SSSR count). The fourth-order valence-corrected chi connectivity index (χ4v) is 2.01. The number of rotatable bonds is 9. The molecular formula is C15H31N. The second-order valence-electron chi connectivity index (χ2n) is 6.00. The SMILES string of the molecule is CC(C)C[C]([CH]CCCN(C)C)CC(C)C. The summed E-state index contributed by atoms with van der Waals surface area (Å²) in [6, 6.07) is 0. The second-order valence-corrected chi connectivity index (χ2v) is 6.00. The zero-order chi connectivity index (χ0) is 12.6. The van der Waals surface area contributed by atoms with Gasteiger partial charge in [0.05, 0.1) is 0 Å². The van der Waals surface area contributed by atoms with E-state index in [0.717, 1.165) is 11.8 Å². The summed E-state index contributed by atoms with van der Waals surface area (Å²) in [5.74, 6) is 3.25. The molecule has 2 radical (unpaired) electrons. The van der Waals surface area contributed by atoms with E-state index >= 15 is 0 Å². The van der Waals surface area contributed by atoms with Crippen molar-refractivity contribution in [3.63, 3.8) is 0 Å². The van der Waals surface area contributed by atoms with Crippen LogP contribution in [0.4, 0.5) is 0 Å². The van der Waals surface area contributed by atoms with E-state index in [1.165, 1.54) is 32.2 Å². The molecule has 0 unspecified atom stereocenters. The van der Waals surface area contributed by atoms with Crippen molar-refractivity contribution in [1.82, 2.24) is 4.90 Å². The molecule has 1 nitrogen and oxygen atoms in total. The molecule has 1 heteroatoms. The fraction of sp³-hybridized carbons (Fsp3) is 0.867. The molecule has 16 heavy (non-hydrogen) atoms. The zero-order valence-electron chi connectivity index (χ0n) is 12.2. The van der Waals surface area contributed by atoms with Gasteiger partial charge in [0.1, 0.15) is 0 Å². The van der Waals surface area contributed by atoms with Gasteiger partial charge in [-0.2, -0.15) is 0 Å². The molecule has 0 saturated carbocycles. The van der Waals surface area contributed by atoms with Crippen LogP contribution in [0.3, 0.4) is 0 Å². The molecule has 0 aromatic carbocycles. The van der Waals surface area contributed by atoms with Gasteiger partial charge in [0.15, 0.2) is 0 Å². The van der Waals surface area contributed by atoms with Crippen LogP contribution < -0.4 is 0 Å². The maximum absolute atomic E-state index is 2.49. The molecule has 0 aliphatic rings. The highest BCUT2D eigenvalue weighted by Crippen LogP contribution is 2.26. The van der Waals surface area contributed by atoms with Gasteiger partial charge in [-0.15, -0.1) is 0 Å². The normalized spacial score (nSPS) is 12.4. The van der Waals surface area contributed by atoms with E-state index in [9.17, 15) is 0 Å². The Morgan fingerprint density at radius 1 is 1.00 bits per heavy atom. The summed E-state index contributed by atoms with van der Waals surface area (Å²) in [7, 11) is 4.29. The highest BCUT2D eigenvalue weighted by Gasteiger charge is 2.13. The molecule has 0 aliphatic carbocycles. The Morgan fingerprint density at radius 2 is 1.50 bits per heavy atom. The van der Waals surface area contributed by atoms with Crippen LogP contribution in [-0.2, 0) is 0 Å². The summed E-state index contributed by atoms with van der Waals surface area (Å²) >= 11 is 0. The van der Waals surface area contributed by atoms with E-state index in [-0.39, 0.29) is 0 Å². The Labute approximate surface area is 104 Å². The molecule has 0 N–H and O–H groups in total. The van der Waals surface area contributed by atoms with Gasteiger partial charge in [-0.25, -0.2) is 0 Å². The van der Waals surface area contributed by atoms with Gasteiger partial charge in [-0.05, 0) is 70.5 Å². The summed E-state index contributed by atoms with van der Waals surface area (Å²) in [6.07, 6.45) is 7.57. The summed E-state index contributed by atoms with van der Waals surface area (Å²) in [4.78, 5) is 2.26. The van der Waals surface area contributed by atoms with Gasteiger partial charge < -0.3 is 4.90 Å². The van der Waals surface area contributed by atoms with Crippen molar-refractivity contribution in [3.05, 3.63) is 12.3 Å². The molecule has 0 heterocycles. The highest BCUT2D eigenvalue weighted by molar-refractivity contribution is 5.04. The largest absolute Gasteiger partial charge is 0.309 e. The standard InChI is InChI=1S/C15H31N/c1-13(2)11-15(12-14(3)4)9-7-8-10-16(5)6/h9,13-14H,7-8,10-12H2,1-6H3. The Kier molecular flexibility index (Phi) is 9.02. The van der Waals surface area contributed by atoms with Crippen LogP contribution in [0.5, 0.6) is 0 Å². The lowest BCUT2D eigenvalue weighted by molar-refractivity contribution is 0.397. The quantitative estimate of drug-likeness (QED) is 0.532. The lowest BCUT2D eigenvalue weighted by atomic mass is 9.86. The Morgan fingerprint density at radius 3 is 1.88 bits per heavy atom. The molecule has 0 atom stereocenters. The van der Waals surface area contributed by atoms with Crippen LogP contribution >= 0.6 is 0 Å². The predicted octanol–water partition coefficient (Wildman–Crippen LogP) is 4.20. The molecule has 0 saturated heterocycles. The number of unbranched alkanes of at least 4 members (excludes halogenated alkanes) is 1. The van der Waals surface area contributed by atoms with Crippen LogP contribution in [0.25, 0.3) is 0 Å². The number of nitrogens with zero attached hydrogens (tertiary/aromatic N) is 1. The van der Waals surface area contributed by atoms with Crippen molar-refractivity contribution in [3.8, 4) is 0 Å². The fourth-order valence-electron chi connectivity index (χ4n) is 2.01. The van der Waals surface area contributed by atoms with Crippen molar-refractivity contribution in [2.24, 2.45) is 11.8 Å². The van der Waals surface area contributed by atoms with Crippen LogP contribution in [0, 0.1) is 24.2 Å². The van der Waals surface area contributed by atoms with Crippen LogP contribution in [-0.4, -0.2) is 25.5 Å². The van der Waals surface area contributed by atoms with Crippen molar-refractivity contribution < 1.29 is 0 Å². The molecule has 96 valence electrons. The van der Waals surface area contributed by atoms with E-state index in [0.29, 0.717) is 0 Å². The topological polar surface area (TPSA) is 3.24 Å². The maximum atomic E-state index is 2.49. The van der Waals surface area contributed by atoms with Crippen molar-refractivity contribution in [2.75, 3.05) is 20.6 Å². The summed E-state index contributed by atoms with van der Waals surface area (Å²) < 4.78 is 0. The van der Waals surface area contributed by atoms with Crippen LogP contribution in [0.15, 0.2) is 0 Å². The molecule has 0 amide bonds. The minimum atomic E-state index is 0.791. The molecule has 0 aromatic heterocycles. The average molecular weight is 225 g/mol. The van der Waals surface area contributed by atoms with E-state index in [1.807, 2.05) is 0 Å². The van der Waals surface area contributed by atoms with E-state index < -0.39 is 0 Å². The smallest absolute Gasteiger partial charge is 0.00247 e. The van der Waals surface area contributed by atoms with Gasteiger partial charge in [-0.3, -0.25) is 0 Å². The lowest BCUT2D eigenvalue weighted by Gasteiger charge is -2.20.